The van der Waals surface area contributed by atoms with Gasteiger partial charge in [-0.15, -0.1) is 0 Å². The summed E-state index contributed by atoms with van der Waals surface area (Å²) >= 11 is 0. The summed E-state index contributed by atoms with van der Waals surface area (Å²) in [6, 6.07) is 11.9. The molecule has 14 nitrogen and oxygen atoms in total. The molecule has 1 aromatic heterocycles. The van der Waals surface area contributed by atoms with E-state index in [1.54, 1.807) is 19.9 Å². The van der Waals surface area contributed by atoms with Crippen LogP contribution in [-0.4, -0.2) is 104 Å². The second-order valence-corrected chi connectivity index (χ2v) is 18.1. The van der Waals surface area contributed by atoms with Crippen molar-refractivity contribution in [1.82, 2.24) is 24.9 Å². The number of piperazine rings is 1. The normalized spacial score (nSPS) is 25.0. The Morgan fingerprint density at radius 3 is 2.43 bits per heavy atom. The summed E-state index contributed by atoms with van der Waals surface area (Å²) in [6.45, 7) is 8.12. The zero-order valence-corrected chi connectivity index (χ0v) is 33.6. The van der Waals surface area contributed by atoms with Gasteiger partial charge in [0.15, 0.2) is 0 Å². The second kappa shape index (κ2) is 17.0. The van der Waals surface area contributed by atoms with Gasteiger partial charge >= 0.3 is 6.18 Å². The number of carbonyl (C=O) groups is 2. The molecule has 0 bridgehead atoms. The molecule has 1 saturated carbocycles. The molecule has 2 aromatic carbocycles. The van der Waals surface area contributed by atoms with Crippen molar-refractivity contribution in [2.75, 3.05) is 66.2 Å². The van der Waals surface area contributed by atoms with Gasteiger partial charge in [-0.3, -0.25) is 19.8 Å². The van der Waals surface area contributed by atoms with E-state index in [0.717, 1.165) is 76.0 Å². The number of imide groups is 1. The fourth-order valence-electron chi connectivity index (χ4n) is 8.47. The zero-order chi connectivity index (χ0) is 41.2. The van der Waals surface area contributed by atoms with Crippen molar-refractivity contribution in [2.24, 2.45) is 5.92 Å². The molecule has 3 aliphatic heterocycles. The molecule has 0 unspecified atom stereocenters. The number of amides is 2. The average Bonchev–Trinajstić information content (AvgIpc) is 3.17. The molecule has 2 amide bonds. The number of hydrogen-bond donors (Lipinski definition) is 5. The van der Waals surface area contributed by atoms with E-state index in [2.05, 4.69) is 46.5 Å². The first-order valence-corrected chi connectivity index (χ1v) is 21.5. The molecule has 2 atom stereocenters. The number of hydrogen-bond acceptors (Lipinski definition) is 12. The molecule has 3 saturated heterocycles. The second-order valence-electron chi connectivity index (χ2n) is 16.4. The van der Waals surface area contributed by atoms with Crippen LogP contribution in [0.4, 0.5) is 42.0 Å². The Labute approximate surface area is 337 Å². The predicted octanol–water partition coefficient (Wildman–Crippen LogP) is 4.78. The molecule has 7 rings (SSSR count). The first kappa shape index (κ1) is 41.6. The summed E-state index contributed by atoms with van der Waals surface area (Å²) in [5.41, 5.74) is 0.784. The summed E-state index contributed by atoms with van der Waals surface area (Å²) in [7, 11) is -3.84. The third kappa shape index (κ3) is 10.2. The molecule has 3 aromatic rings. The molecule has 18 heteroatoms. The number of benzene rings is 2. The first-order chi connectivity index (χ1) is 27.5. The van der Waals surface area contributed by atoms with Crippen LogP contribution in [0, 0.1) is 12.8 Å². The third-order valence-electron chi connectivity index (χ3n) is 11.7. The molecule has 314 valence electrons. The number of piperidine rings is 2. The van der Waals surface area contributed by atoms with Crippen LogP contribution in [0.3, 0.4) is 0 Å². The Morgan fingerprint density at radius 2 is 1.74 bits per heavy atom. The molecule has 4 heterocycles. The van der Waals surface area contributed by atoms with Gasteiger partial charge in [-0.05, 0) is 107 Å². The minimum Gasteiger partial charge on any atom is -0.388 e. The molecule has 0 spiro atoms. The van der Waals surface area contributed by atoms with Crippen molar-refractivity contribution in [2.45, 2.75) is 94.0 Å². The van der Waals surface area contributed by atoms with Crippen LogP contribution in [0.2, 0.25) is 0 Å². The van der Waals surface area contributed by atoms with Crippen LogP contribution >= 0.6 is 0 Å². The van der Waals surface area contributed by atoms with Crippen LogP contribution in [0.25, 0.3) is 0 Å². The number of alkyl halides is 3. The Morgan fingerprint density at radius 1 is 0.983 bits per heavy atom. The number of nitrogens with one attached hydrogen (secondary N) is 4. The van der Waals surface area contributed by atoms with E-state index in [9.17, 15) is 36.3 Å². The van der Waals surface area contributed by atoms with Gasteiger partial charge in [0.2, 0.25) is 27.8 Å². The lowest BCUT2D eigenvalue weighted by molar-refractivity contribution is -0.138. The molecule has 1 aliphatic carbocycles. The van der Waals surface area contributed by atoms with E-state index >= 15 is 0 Å². The van der Waals surface area contributed by atoms with Gasteiger partial charge in [-0.2, -0.15) is 18.2 Å². The molecule has 5 N–H and O–H groups in total. The highest BCUT2D eigenvalue weighted by Gasteiger charge is 2.39. The standard InChI is InChI=1S/C40H52F3N9O5S/c1-26-21-31(11-12-33(26)46-38-44-23-32(40(41,42)43)36(48-38)52-16-4-15-39(2,55)25-52)58(56,57)49-28-9-7-27(8-10-28)24-50-17-19-51(20-18-50)30-6-3-5-29(22-30)45-34-13-14-35(53)47-37(34)54/h3,5-6,11-12,21-23,27-28,34,45,49,55H,4,7-10,13-20,24-25H2,1-2H3,(H,44,46,48)(H,47,53,54)/t27?,28?,34-,39-/m0/s1. The highest BCUT2D eigenvalue weighted by Crippen LogP contribution is 2.38. The Balaban J connectivity index is 0.884. The maximum Gasteiger partial charge on any atom is 0.421 e. The topological polar surface area (TPSA) is 172 Å². The number of β-amino-alcohol motifs (C(OH)–C–C–N with tert-alkyl or cyclic N) is 1. The maximum atomic E-state index is 13.9. The van der Waals surface area contributed by atoms with Gasteiger partial charge in [0.25, 0.3) is 0 Å². The lowest BCUT2D eigenvalue weighted by Gasteiger charge is -2.39. The summed E-state index contributed by atoms with van der Waals surface area (Å²) in [5.74, 6) is -0.453. The highest BCUT2D eigenvalue weighted by molar-refractivity contribution is 7.89. The fourth-order valence-corrected chi connectivity index (χ4v) is 9.86. The van der Waals surface area contributed by atoms with Gasteiger partial charge < -0.3 is 25.5 Å². The molecule has 4 fully saturated rings. The largest absolute Gasteiger partial charge is 0.421 e. The number of sulfonamides is 1. The first-order valence-electron chi connectivity index (χ1n) is 20.0. The average molecular weight is 828 g/mol. The van der Waals surface area contributed by atoms with Crippen molar-refractivity contribution < 1.29 is 36.3 Å². The zero-order valence-electron chi connectivity index (χ0n) is 32.8. The molecular formula is C40H52F3N9O5S. The Kier molecular flexibility index (Phi) is 12.2. The van der Waals surface area contributed by atoms with E-state index in [-0.39, 0.29) is 41.1 Å². The number of anilines is 5. The van der Waals surface area contributed by atoms with Crippen molar-refractivity contribution in [1.29, 1.82) is 0 Å². The number of carbonyl (C=O) groups excluding carboxylic acids is 2. The lowest BCUT2D eigenvalue weighted by atomic mass is 9.86. The molecule has 4 aliphatic rings. The predicted molar refractivity (Wildman–Crippen MR) is 215 cm³/mol. The van der Waals surface area contributed by atoms with Gasteiger partial charge in [0, 0.05) is 81.5 Å². The summed E-state index contributed by atoms with van der Waals surface area (Å²) in [4.78, 5) is 38.2. The monoisotopic (exact) mass is 827 g/mol. The Hall–Kier alpha value is -4.52. The van der Waals surface area contributed by atoms with Gasteiger partial charge in [0.1, 0.15) is 17.4 Å². The Bertz CT molecular complexity index is 2090. The summed E-state index contributed by atoms with van der Waals surface area (Å²) in [6.07, 6.45) is 1.09. The van der Waals surface area contributed by atoms with Crippen molar-refractivity contribution in [3.63, 3.8) is 0 Å². The van der Waals surface area contributed by atoms with Gasteiger partial charge in [-0.1, -0.05) is 6.07 Å². The number of aryl methyl sites for hydroxylation is 1. The van der Waals surface area contributed by atoms with Crippen molar-refractivity contribution in [3.05, 3.63) is 59.8 Å². The number of halogens is 3. The molecule has 58 heavy (non-hydrogen) atoms. The SMILES string of the molecule is Cc1cc(S(=O)(=O)NC2CCC(CN3CCN(c4cccc(N[C@H]5CCC(=O)NC5=O)c4)CC3)CC2)ccc1Nc1ncc(C(F)(F)F)c(N2CCC[C@](C)(O)C2)n1. The van der Waals surface area contributed by atoms with E-state index < -0.39 is 33.4 Å². The van der Waals surface area contributed by atoms with E-state index in [0.29, 0.717) is 49.4 Å². The molecule has 0 radical (unpaired) electrons. The quantitative estimate of drug-likeness (QED) is 0.168. The fraction of sp³-hybridized carbons (Fsp3) is 0.550. The van der Waals surface area contributed by atoms with E-state index in [4.69, 9.17) is 0 Å². The smallest absolute Gasteiger partial charge is 0.388 e. The minimum absolute atomic E-state index is 0.00245. The van der Waals surface area contributed by atoms with Crippen LogP contribution < -0.4 is 30.5 Å². The third-order valence-corrected chi connectivity index (χ3v) is 13.2. The van der Waals surface area contributed by atoms with E-state index in [1.165, 1.54) is 17.0 Å². The van der Waals surface area contributed by atoms with Crippen LogP contribution in [0.1, 0.15) is 69.4 Å². The maximum absolute atomic E-state index is 13.9. The van der Waals surface area contributed by atoms with Crippen LogP contribution in [-0.2, 0) is 25.8 Å². The summed E-state index contributed by atoms with van der Waals surface area (Å²) in [5, 5.41) is 19.1. The van der Waals surface area contributed by atoms with E-state index in [1.807, 2.05) is 18.2 Å². The number of rotatable bonds is 11. The highest BCUT2D eigenvalue weighted by atomic mass is 32.2. The summed E-state index contributed by atoms with van der Waals surface area (Å²) < 4.78 is 71.6. The van der Waals surface area contributed by atoms with Crippen molar-refractivity contribution >= 4 is 50.7 Å². The van der Waals surface area contributed by atoms with Gasteiger partial charge in [-0.25, -0.2) is 18.1 Å². The van der Waals surface area contributed by atoms with Crippen LogP contribution in [0.5, 0.6) is 0 Å². The minimum atomic E-state index is -4.69. The van der Waals surface area contributed by atoms with Gasteiger partial charge in [0.05, 0.1) is 10.5 Å². The number of aromatic nitrogens is 2. The number of aliphatic hydroxyl groups is 1. The van der Waals surface area contributed by atoms with Crippen molar-refractivity contribution in [3.8, 4) is 0 Å². The number of nitrogens with zero attached hydrogens (tertiary/aromatic N) is 5. The molecular weight excluding hydrogens is 776 g/mol. The van der Waals surface area contributed by atoms with Crippen LogP contribution in [0.15, 0.2) is 53.6 Å². The lowest BCUT2D eigenvalue weighted by Crippen LogP contribution is -2.48.